The Morgan fingerprint density at radius 3 is 2.58 bits per heavy atom. The molecule has 2 heteroatoms. The lowest BCUT2D eigenvalue weighted by Gasteiger charge is -2.19. The molecule has 0 aliphatic carbocycles. The number of nitrogens with zero attached hydrogens (tertiary/aromatic N) is 1. The largest absolute Gasteiger partial charge is 0.328 e. The molecule has 0 rings (SSSR count). The molecule has 1 unspecified atom stereocenters. The SMILES string of the molecule is C=CCN(CC)CCC(N)CC. The van der Waals surface area contributed by atoms with Crippen LogP contribution in [0, 0.1) is 0 Å². The standard InChI is InChI=1S/C10H22N2/c1-4-8-12(6-3)9-7-10(11)5-2/h4,10H,1,5-9,11H2,2-3H3. The minimum Gasteiger partial charge on any atom is -0.328 e. The van der Waals surface area contributed by atoms with Crippen LogP contribution in [-0.4, -0.2) is 30.6 Å². The Morgan fingerprint density at radius 1 is 1.50 bits per heavy atom. The third-order valence-corrected chi connectivity index (χ3v) is 2.18. The third kappa shape index (κ3) is 5.33. The van der Waals surface area contributed by atoms with Crippen LogP contribution in [0.25, 0.3) is 0 Å². The number of likely N-dealkylation sites (N-methyl/N-ethyl adjacent to an activating group) is 1. The smallest absolute Gasteiger partial charge is 0.0160 e. The van der Waals surface area contributed by atoms with Crippen LogP contribution in [0.2, 0.25) is 0 Å². The van der Waals surface area contributed by atoms with Crippen molar-refractivity contribution >= 4 is 0 Å². The molecule has 72 valence electrons. The van der Waals surface area contributed by atoms with Gasteiger partial charge in [0.05, 0.1) is 0 Å². The van der Waals surface area contributed by atoms with E-state index in [1.54, 1.807) is 0 Å². The summed E-state index contributed by atoms with van der Waals surface area (Å²) in [5.41, 5.74) is 5.82. The molecule has 0 amide bonds. The van der Waals surface area contributed by atoms with Crippen molar-refractivity contribution in [3.63, 3.8) is 0 Å². The molecule has 12 heavy (non-hydrogen) atoms. The molecule has 0 radical (unpaired) electrons. The second kappa shape index (κ2) is 7.32. The van der Waals surface area contributed by atoms with Crippen LogP contribution < -0.4 is 5.73 Å². The molecule has 1 atom stereocenters. The zero-order valence-electron chi connectivity index (χ0n) is 8.42. The maximum atomic E-state index is 5.82. The highest BCUT2D eigenvalue weighted by molar-refractivity contribution is 4.73. The van der Waals surface area contributed by atoms with Crippen molar-refractivity contribution in [2.24, 2.45) is 5.73 Å². The monoisotopic (exact) mass is 170 g/mol. The van der Waals surface area contributed by atoms with E-state index < -0.39 is 0 Å². The Bertz CT molecular complexity index is 112. The van der Waals surface area contributed by atoms with Crippen molar-refractivity contribution in [1.82, 2.24) is 4.90 Å². The van der Waals surface area contributed by atoms with Gasteiger partial charge in [0, 0.05) is 12.6 Å². The first-order valence-corrected chi connectivity index (χ1v) is 4.83. The van der Waals surface area contributed by atoms with Crippen molar-refractivity contribution in [2.45, 2.75) is 32.7 Å². The van der Waals surface area contributed by atoms with Gasteiger partial charge in [0.25, 0.3) is 0 Å². The van der Waals surface area contributed by atoms with Gasteiger partial charge in [0.15, 0.2) is 0 Å². The minimum atomic E-state index is 0.365. The van der Waals surface area contributed by atoms with Gasteiger partial charge in [-0.2, -0.15) is 0 Å². The fourth-order valence-electron chi connectivity index (χ4n) is 1.11. The molecular weight excluding hydrogens is 148 g/mol. The molecule has 0 spiro atoms. The van der Waals surface area contributed by atoms with Crippen LogP contribution in [-0.2, 0) is 0 Å². The van der Waals surface area contributed by atoms with Gasteiger partial charge in [-0.15, -0.1) is 6.58 Å². The first-order chi connectivity index (χ1) is 5.74. The summed E-state index contributed by atoms with van der Waals surface area (Å²) in [6.45, 7) is 11.2. The van der Waals surface area contributed by atoms with Crippen LogP contribution in [0.4, 0.5) is 0 Å². The Hall–Kier alpha value is -0.340. The second-order valence-corrected chi connectivity index (χ2v) is 3.14. The third-order valence-electron chi connectivity index (χ3n) is 2.18. The Balaban J connectivity index is 3.49. The molecule has 0 aliphatic rings. The lowest BCUT2D eigenvalue weighted by Crippen LogP contribution is -2.30. The van der Waals surface area contributed by atoms with E-state index in [4.69, 9.17) is 5.73 Å². The van der Waals surface area contributed by atoms with Gasteiger partial charge in [0.1, 0.15) is 0 Å². The molecule has 0 aromatic rings. The van der Waals surface area contributed by atoms with Crippen LogP contribution in [0.15, 0.2) is 12.7 Å². The summed E-state index contributed by atoms with van der Waals surface area (Å²) in [4.78, 5) is 2.35. The fourth-order valence-corrected chi connectivity index (χ4v) is 1.11. The highest BCUT2D eigenvalue weighted by atomic mass is 15.1. The molecule has 0 fully saturated rings. The Kier molecular flexibility index (Phi) is 7.11. The molecule has 0 aromatic heterocycles. The minimum absolute atomic E-state index is 0.365. The summed E-state index contributed by atoms with van der Waals surface area (Å²) < 4.78 is 0. The van der Waals surface area contributed by atoms with E-state index >= 15 is 0 Å². The van der Waals surface area contributed by atoms with Crippen molar-refractivity contribution in [3.05, 3.63) is 12.7 Å². The van der Waals surface area contributed by atoms with Gasteiger partial charge in [-0.25, -0.2) is 0 Å². The van der Waals surface area contributed by atoms with Gasteiger partial charge in [0.2, 0.25) is 0 Å². The number of rotatable bonds is 7. The van der Waals surface area contributed by atoms with Crippen molar-refractivity contribution in [3.8, 4) is 0 Å². The zero-order chi connectivity index (χ0) is 9.40. The van der Waals surface area contributed by atoms with E-state index in [9.17, 15) is 0 Å². The molecule has 0 heterocycles. The summed E-state index contributed by atoms with van der Waals surface area (Å²) in [5.74, 6) is 0. The first-order valence-electron chi connectivity index (χ1n) is 4.83. The number of nitrogens with two attached hydrogens (primary N) is 1. The van der Waals surface area contributed by atoms with Crippen LogP contribution in [0.5, 0.6) is 0 Å². The maximum Gasteiger partial charge on any atom is 0.0160 e. The van der Waals surface area contributed by atoms with Crippen molar-refractivity contribution in [1.29, 1.82) is 0 Å². The first kappa shape index (κ1) is 11.7. The van der Waals surface area contributed by atoms with Gasteiger partial charge in [-0.3, -0.25) is 4.90 Å². The quantitative estimate of drug-likeness (QED) is 0.588. The predicted molar refractivity (Wildman–Crippen MR) is 55.2 cm³/mol. The molecule has 0 aliphatic heterocycles. The highest BCUT2D eigenvalue weighted by Crippen LogP contribution is 1.97. The summed E-state index contributed by atoms with van der Waals surface area (Å²) in [6.07, 6.45) is 4.12. The van der Waals surface area contributed by atoms with E-state index in [-0.39, 0.29) is 0 Å². The number of hydrogen-bond acceptors (Lipinski definition) is 2. The molecule has 0 saturated carbocycles. The summed E-state index contributed by atoms with van der Waals surface area (Å²) in [6, 6.07) is 0.365. The lowest BCUT2D eigenvalue weighted by atomic mass is 10.1. The van der Waals surface area contributed by atoms with E-state index in [0.29, 0.717) is 6.04 Å². The number of hydrogen-bond donors (Lipinski definition) is 1. The lowest BCUT2D eigenvalue weighted by molar-refractivity contribution is 0.302. The normalized spacial score (nSPS) is 13.3. The van der Waals surface area contributed by atoms with Gasteiger partial charge in [-0.1, -0.05) is 19.9 Å². The van der Waals surface area contributed by atoms with Crippen LogP contribution >= 0.6 is 0 Å². The topological polar surface area (TPSA) is 29.3 Å². The summed E-state index contributed by atoms with van der Waals surface area (Å²) in [7, 11) is 0. The molecule has 0 bridgehead atoms. The molecule has 0 aromatic carbocycles. The average molecular weight is 170 g/mol. The van der Waals surface area contributed by atoms with E-state index in [2.05, 4.69) is 25.3 Å². The van der Waals surface area contributed by atoms with E-state index in [1.165, 1.54) is 0 Å². The maximum absolute atomic E-state index is 5.82. The summed E-state index contributed by atoms with van der Waals surface area (Å²) in [5, 5.41) is 0. The molecule has 0 saturated heterocycles. The molecule has 2 N–H and O–H groups in total. The van der Waals surface area contributed by atoms with Crippen molar-refractivity contribution in [2.75, 3.05) is 19.6 Å². The zero-order valence-corrected chi connectivity index (χ0v) is 8.42. The van der Waals surface area contributed by atoms with Crippen LogP contribution in [0.1, 0.15) is 26.7 Å². The molecule has 2 nitrogen and oxygen atoms in total. The highest BCUT2D eigenvalue weighted by Gasteiger charge is 2.03. The average Bonchev–Trinajstić information content (AvgIpc) is 2.11. The second-order valence-electron chi connectivity index (χ2n) is 3.14. The van der Waals surface area contributed by atoms with E-state index in [0.717, 1.165) is 32.5 Å². The van der Waals surface area contributed by atoms with Gasteiger partial charge < -0.3 is 5.73 Å². The molecular formula is C10H22N2. The predicted octanol–water partition coefficient (Wildman–Crippen LogP) is 1.62. The fraction of sp³-hybridized carbons (Fsp3) is 0.800. The summed E-state index contributed by atoms with van der Waals surface area (Å²) >= 11 is 0. The van der Waals surface area contributed by atoms with Gasteiger partial charge >= 0.3 is 0 Å². The van der Waals surface area contributed by atoms with Crippen molar-refractivity contribution < 1.29 is 0 Å². The Labute approximate surface area is 76.4 Å². The van der Waals surface area contributed by atoms with Gasteiger partial charge in [-0.05, 0) is 25.9 Å². The Morgan fingerprint density at radius 2 is 2.17 bits per heavy atom. The van der Waals surface area contributed by atoms with E-state index in [1.807, 2.05) is 6.08 Å². The van der Waals surface area contributed by atoms with Crippen LogP contribution in [0.3, 0.4) is 0 Å².